The van der Waals surface area contributed by atoms with Crippen molar-refractivity contribution in [2.75, 3.05) is 0 Å². The topological polar surface area (TPSA) is 64.0 Å². The molecule has 3 aromatic rings. The Morgan fingerprint density at radius 1 is 1.27 bits per heavy atom. The zero-order valence-electron chi connectivity index (χ0n) is 14.7. The lowest BCUT2D eigenvalue weighted by Gasteiger charge is -2.14. The lowest BCUT2D eigenvalue weighted by atomic mass is 10.1. The third-order valence-electron chi connectivity index (χ3n) is 4.34. The van der Waals surface area contributed by atoms with Gasteiger partial charge >= 0.3 is 0 Å². The predicted octanol–water partition coefficient (Wildman–Crippen LogP) is 3.63. The van der Waals surface area contributed by atoms with Gasteiger partial charge in [0.1, 0.15) is 11.2 Å². The van der Waals surface area contributed by atoms with Gasteiger partial charge in [0, 0.05) is 22.6 Å². The van der Waals surface area contributed by atoms with E-state index >= 15 is 0 Å². The molecule has 0 aliphatic carbocycles. The summed E-state index contributed by atoms with van der Waals surface area (Å²) in [5.74, 6) is -0.361. The second-order valence-electron chi connectivity index (χ2n) is 6.27. The van der Waals surface area contributed by atoms with Gasteiger partial charge in [-0.1, -0.05) is 30.7 Å². The fourth-order valence-corrected chi connectivity index (χ4v) is 2.82. The molecule has 134 valence electrons. The van der Waals surface area contributed by atoms with Crippen LogP contribution in [-0.2, 0) is 6.54 Å². The molecular weight excluding hydrogens is 350 g/mol. The van der Waals surface area contributed by atoms with Gasteiger partial charge in [0.05, 0.1) is 6.54 Å². The van der Waals surface area contributed by atoms with Crippen LogP contribution in [-0.4, -0.2) is 21.5 Å². The molecular formula is C20H20ClN3O2. The molecule has 2 aromatic heterocycles. The first-order valence-electron chi connectivity index (χ1n) is 8.53. The van der Waals surface area contributed by atoms with Crippen molar-refractivity contribution in [3.63, 3.8) is 0 Å². The molecule has 0 bridgehead atoms. The van der Waals surface area contributed by atoms with Crippen LogP contribution < -0.4 is 10.9 Å². The number of amides is 1. The van der Waals surface area contributed by atoms with Gasteiger partial charge in [0.15, 0.2) is 0 Å². The van der Waals surface area contributed by atoms with Gasteiger partial charge in [0.2, 0.25) is 0 Å². The Morgan fingerprint density at radius 2 is 2.00 bits per heavy atom. The summed E-state index contributed by atoms with van der Waals surface area (Å²) in [5, 5.41) is 4.24. The molecule has 5 nitrogen and oxygen atoms in total. The molecule has 0 radical (unpaired) electrons. The molecule has 1 amide bonds. The normalized spacial score (nSPS) is 12.1. The summed E-state index contributed by atoms with van der Waals surface area (Å²) in [5.41, 5.74) is 1.22. The molecule has 1 N–H and O–H groups in total. The van der Waals surface area contributed by atoms with Crippen LogP contribution in [0.15, 0.2) is 53.5 Å². The van der Waals surface area contributed by atoms with Crippen LogP contribution in [0, 0.1) is 0 Å². The van der Waals surface area contributed by atoms with Gasteiger partial charge in [-0.05, 0) is 49.2 Å². The lowest BCUT2D eigenvalue weighted by Crippen LogP contribution is -2.37. The average molecular weight is 370 g/mol. The predicted molar refractivity (Wildman–Crippen MR) is 104 cm³/mol. The Bertz CT molecular complexity index is 996. The molecule has 0 aliphatic heterocycles. The van der Waals surface area contributed by atoms with Crippen LogP contribution in [0.4, 0.5) is 0 Å². The molecule has 0 saturated heterocycles. The Kier molecular flexibility index (Phi) is 5.38. The average Bonchev–Trinajstić information content (AvgIpc) is 2.65. The van der Waals surface area contributed by atoms with Gasteiger partial charge in [-0.15, -0.1) is 0 Å². The molecule has 0 aliphatic rings. The number of halogens is 1. The fourth-order valence-electron chi connectivity index (χ4n) is 2.69. The first-order chi connectivity index (χ1) is 12.5. The second kappa shape index (κ2) is 7.70. The summed E-state index contributed by atoms with van der Waals surface area (Å²) < 4.78 is 1.53. The Hall–Kier alpha value is -2.66. The van der Waals surface area contributed by atoms with Crippen molar-refractivity contribution in [1.82, 2.24) is 14.9 Å². The second-order valence-corrected chi connectivity index (χ2v) is 6.71. The van der Waals surface area contributed by atoms with E-state index in [2.05, 4.69) is 10.3 Å². The third kappa shape index (κ3) is 3.78. The summed E-state index contributed by atoms with van der Waals surface area (Å²) in [6.45, 7) is 4.20. The van der Waals surface area contributed by atoms with E-state index in [0.29, 0.717) is 17.2 Å². The fraction of sp³-hybridized carbons (Fsp3) is 0.250. The number of aromatic nitrogens is 2. The number of carbonyl (C=O) groups is 1. The van der Waals surface area contributed by atoms with Crippen molar-refractivity contribution < 1.29 is 4.79 Å². The van der Waals surface area contributed by atoms with Gasteiger partial charge in [-0.25, -0.2) is 4.98 Å². The maximum absolute atomic E-state index is 13.0. The molecule has 0 spiro atoms. The van der Waals surface area contributed by atoms with Gasteiger partial charge in [-0.2, -0.15) is 0 Å². The molecule has 6 heteroatoms. The van der Waals surface area contributed by atoms with Crippen LogP contribution >= 0.6 is 11.6 Å². The molecule has 1 aromatic carbocycles. The number of fused-ring (bicyclic) bond motifs is 1. The number of rotatable bonds is 5. The van der Waals surface area contributed by atoms with Gasteiger partial charge < -0.3 is 5.32 Å². The number of pyridine rings is 2. The molecule has 0 unspecified atom stereocenters. The van der Waals surface area contributed by atoms with Crippen LogP contribution in [0.25, 0.3) is 11.0 Å². The molecule has 3 rings (SSSR count). The molecule has 0 saturated carbocycles. The van der Waals surface area contributed by atoms with Crippen LogP contribution in [0.5, 0.6) is 0 Å². The van der Waals surface area contributed by atoms with Gasteiger partial charge in [0.25, 0.3) is 11.5 Å². The highest BCUT2D eigenvalue weighted by atomic mass is 35.5. The Balaban J connectivity index is 2.11. The number of nitrogens with zero attached hydrogens (tertiary/aromatic N) is 2. The van der Waals surface area contributed by atoms with Crippen LogP contribution in [0.2, 0.25) is 5.02 Å². The first-order valence-corrected chi connectivity index (χ1v) is 8.91. The van der Waals surface area contributed by atoms with Crippen molar-refractivity contribution in [2.45, 2.75) is 32.9 Å². The van der Waals surface area contributed by atoms with Gasteiger partial charge in [-0.3, -0.25) is 14.2 Å². The number of hydrogen-bond acceptors (Lipinski definition) is 3. The van der Waals surface area contributed by atoms with E-state index in [1.54, 1.807) is 30.5 Å². The number of carbonyl (C=O) groups excluding carboxylic acids is 1. The highest BCUT2D eigenvalue weighted by molar-refractivity contribution is 6.30. The highest BCUT2D eigenvalue weighted by Crippen LogP contribution is 2.15. The highest BCUT2D eigenvalue weighted by Gasteiger charge is 2.17. The van der Waals surface area contributed by atoms with E-state index in [1.165, 1.54) is 4.57 Å². The minimum atomic E-state index is -0.361. The SMILES string of the molecule is CC[C@@H](C)NC(=O)c1cc2cccnc2n(Cc2ccc(Cl)cc2)c1=O. The maximum atomic E-state index is 13.0. The van der Waals surface area contributed by atoms with E-state index in [-0.39, 0.29) is 23.1 Å². The lowest BCUT2D eigenvalue weighted by molar-refractivity contribution is 0.0937. The first kappa shape index (κ1) is 18.1. The molecule has 2 heterocycles. The quantitative estimate of drug-likeness (QED) is 0.747. The minimum absolute atomic E-state index is 0.00351. The zero-order chi connectivity index (χ0) is 18.7. The minimum Gasteiger partial charge on any atom is -0.349 e. The van der Waals surface area contributed by atoms with E-state index < -0.39 is 0 Å². The number of benzene rings is 1. The van der Waals surface area contributed by atoms with Crippen LogP contribution in [0.1, 0.15) is 36.2 Å². The molecule has 26 heavy (non-hydrogen) atoms. The zero-order valence-corrected chi connectivity index (χ0v) is 15.5. The Labute approximate surface area is 156 Å². The van der Waals surface area contributed by atoms with E-state index in [9.17, 15) is 9.59 Å². The van der Waals surface area contributed by atoms with Crippen molar-refractivity contribution in [2.24, 2.45) is 0 Å². The maximum Gasteiger partial charge on any atom is 0.265 e. The van der Waals surface area contributed by atoms with E-state index in [4.69, 9.17) is 11.6 Å². The van der Waals surface area contributed by atoms with Crippen molar-refractivity contribution in [1.29, 1.82) is 0 Å². The van der Waals surface area contributed by atoms with Crippen LogP contribution in [0.3, 0.4) is 0 Å². The molecule has 1 atom stereocenters. The molecule has 0 fully saturated rings. The van der Waals surface area contributed by atoms with Crippen molar-refractivity contribution >= 4 is 28.5 Å². The van der Waals surface area contributed by atoms with Crippen molar-refractivity contribution in [3.8, 4) is 0 Å². The summed E-state index contributed by atoms with van der Waals surface area (Å²) >= 11 is 5.94. The summed E-state index contributed by atoms with van der Waals surface area (Å²) in [4.78, 5) is 29.9. The smallest absolute Gasteiger partial charge is 0.265 e. The number of nitrogens with one attached hydrogen (secondary N) is 1. The summed E-state index contributed by atoms with van der Waals surface area (Å²) in [6.07, 6.45) is 2.43. The summed E-state index contributed by atoms with van der Waals surface area (Å²) in [6, 6.07) is 12.5. The van der Waals surface area contributed by atoms with E-state index in [0.717, 1.165) is 17.4 Å². The monoisotopic (exact) mass is 369 g/mol. The summed E-state index contributed by atoms with van der Waals surface area (Å²) in [7, 11) is 0. The van der Waals surface area contributed by atoms with Crippen molar-refractivity contribution in [3.05, 3.63) is 75.2 Å². The number of hydrogen-bond donors (Lipinski definition) is 1. The Morgan fingerprint density at radius 3 is 2.69 bits per heavy atom. The van der Waals surface area contributed by atoms with E-state index in [1.807, 2.05) is 32.0 Å². The standard InChI is InChI=1S/C20H20ClN3O2/c1-3-13(2)23-19(25)17-11-15-5-4-10-22-18(15)24(20(17)26)12-14-6-8-16(21)9-7-14/h4-11,13H,3,12H2,1-2H3,(H,23,25)/t13-/m1/s1. The third-order valence-corrected chi connectivity index (χ3v) is 4.59. The largest absolute Gasteiger partial charge is 0.349 e.